The minimum Gasteiger partial charge on any atom is -0.314 e. The lowest BCUT2D eigenvalue weighted by atomic mass is 10.1. The first-order valence-electron chi connectivity index (χ1n) is 4.40. The van der Waals surface area contributed by atoms with E-state index in [9.17, 15) is 0 Å². The zero-order valence-electron chi connectivity index (χ0n) is 7.78. The molecule has 0 radical (unpaired) electrons. The zero-order valence-corrected chi connectivity index (χ0v) is 7.78. The van der Waals surface area contributed by atoms with Crippen molar-refractivity contribution in [2.75, 3.05) is 6.54 Å². The van der Waals surface area contributed by atoms with Crippen LogP contribution in [0.15, 0.2) is 0 Å². The predicted molar refractivity (Wildman–Crippen MR) is 47.2 cm³/mol. The highest BCUT2D eigenvalue weighted by Gasteiger charge is 1.97. The van der Waals surface area contributed by atoms with Gasteiger partial charge in [0.15, 0.2) is 0 Å². The lowest BCUT2D eigenvalue weighted by Crippen LogP contribution is -2.26. The van der Waals surface area contributed by atoms with E-state index in [2.05, 4.69) is 33.0 Å². The average Bonchev–Trinajstić information content (AvgIpc) is 1.87. The van der Waals surface area contributed by atoms with Crippen molar-refractivity contribution < 1.29 is 0 Å². The normalized spacial score (nSPS) is 14.1. The third-order valence-electron chi connectivity index (χ3n) is 1.83. The van der Waals surface area contributed by atoms with E-state index in [0.717, 1.165) is 5.92 Å². The van der Waals surface area contributed by atoms with Gasteiger partial charge < -0.3 is 5.32 Å². The van der Waals surface area contributed by atoms with Crippen LogP contribution < -0.4 is 5.32 Å². The van der Waals surface area contributed by atoms with Gasteiger partial charge in [-0.1, -0.05) is 20.8 Å². The van der Waals surface area contributed by atoms with E-state index in [-0.39, 0.29) is 0 Å². The van der Waals surface area contributed by atoms with E-state index >= 15 is 0 Å². The Balaban J connectivity index is 3.03. The maximum absolute atomic E-state index is 3.46. The molecule has 1 nitrogen and oxygen atoms in total. The van der Waals surface area contributed by atoms with Crippen molar-refractivity contribution in [1.82, 2.24) is 5.32 Å². The molecule has 62 valence electrons. The van der Waals surface area contributed by atoms with Gasteiger partial charge in [0.25, 0.3) is 0 Å². The van der Waals surface area contributed by atoms with Gasteiger partial charge >= 0.3 is 0 Å². The van der Waals surface area contributed by atoms with Crippen LogP contribution in [-0.2, 0) is 0 Å². The topological polar surface area (TPSA) is 12.0 Å². The van der Waals surface area contributed by atoms with Gasteiger partial charge in [0, 0.05) is 6.04 Å². The van der Waals surface area contributed by atoms with Crippen LogP contribution in [0.2, 0.25) is 0 Å². The second-order valence-corrected chi connectivity index (χ2v) is 3.45. The minimum absolute atomic E-state index is 0.693. The summed E-state index contributed by atoms with van der Waals surface area (Å²) in [6.07, 6.45) is 2.53. The summed E-state index contributed by atoms with van der Waals surface area (Å²) in [6, 6.07) is 0.693. The molecule has 0 saturated heterocycles. The second kappa shape index (κ2) is 5.72. The van der Waals surface area contributed by atoms with Crippen LogP contribution in [0.25, 0.3) is 0 Å². The van der Waals surface area contributed by atoms with Crippen LogP contribution in [0, 0.1) is 5.92 Å². The lowest BCUT2D eigenvalue weighted by molar-refractivity contribution is 0.479. The summed E-state index contributed by atoms with van der Waals surface area (Å²) in [5.74, 6) is 0.830. The van der Waals surface area contributed by atoms with Crippen LogP contribution in [0.5, 0.6) is 0 Å². The van der Waals surface area contributed by atoms with E-state index in [4.69, 9.17) is 0 Å². The van der Waals surface area contributed by atoms with Gasteiger partial charge in [-0.3, -0.25) is 0 Å². The quantitative estimate of drug-likeness (QED) is 0.623. The Morgan fingerprint density at radius 3 is 2.20 bits per heavy atom. The number of rotatable bonds is 5. The first kappa shape index (κ1) is 9.96. The van der Waals surface area contributed by atoms with Crippen LogP contribution in [0.4, 0.5) is 0 Å². The Morgan fingerprint density at radius 1 is 1.20 bits per heavy atom. The second-order valence-electron chi connectivity index (χ2n) is 3.45. The number of nitrogens with one attached hydrogen (secondary N) is 1. The first-order valence-corrected chi connectivity index (χ1v) is 4.40. The molecule has 0 aromatic heterocycles. The summed E-state index contributed by atoms with van der Waals surface area (Å²) >= 11 is 0. The molecule has 0 aliphatic rings. The summed E-state index contributed by atoms with van der Waals surface area (Å²) in [7, 11) is 0. The molecule has 0 bridgehead atoms. The van der Waals surface area contributed by atoms with Gasteiger partial charge in [0.1, 0.15) is 0 Å². The van der Waals surface area contributed by atoms with E-state index in [1.807, 2.05) is 0 Å². The molecule has 10 heavy (non-hydrogen) atoms. The van der Waals surface area contributed by atoms with E-state index in [1.54, 1.807) is 0 Å². The van der Waals surface area contributed by atoms with Crippen molar-refractivity contribution >= 4 is 0 Å². The van der Waals surface area contributed by atoms with Crippen molar-refractivity contribution in [3.63, 3.8) is 0 Å². The van der Waals surface area contributed by atoms with Gasteiger partial charge in [0.05, 0.1) is 0 Å². The van der Waals surface area contributed by atoms with Gasteiger partial charge in [-0.2, -0.15) is 0 Å². The lowest BCUT2D eigenvalue weighted by Gasteiger charge is -2.11. The fourth-order valence-electron chi connectivity index (χ4n) is 0.763. The highest BCUT2D eigenvalue weighted by molar-refractivity contribution is 4.57. The molecule has 0 fully saturated rings. The van der Waals surface area contributed by atoms with Crippen LogP contribution in [0.3, 0.4) is 0 Å². The zero-order chi connectivity index (χ0) is 7.98. The Morgan fingerprint density at radius 2 is 1.80 bits per heavy atom. The van der Waals surface area contributed by atoms with Gasteiger partial charge in [-0.15, -0.1) is 0 Å². The minimum atomic E-state index is 0.693. The van der Waals surface area contributed by atoms with Crippen molar-refractivity contribution in [1.29, 1.82) is 0 Å². The van der Waals surface area contributed by atoms with Crippen molar-refractivity contribution in [3.8, 4) is 0 Å². The summed E-state index contributed by atoms with van der Waals surface area (Å²) < 4.78 is 0. The van der Waals surface area contributed by atoms with Gasteiger partial charge in [0.2, 0.25) is 0 Å². The van der Waals surface area contributed by atoms with Gasteiger partial charge in [-0.05, 0) is 32.2 Å². The molecule has 0 aromatic rings. The smallest absolute Gasteiger partial charge is 0.00361 e. The summed E-state index contributed by atoms with van der Waals surface area (Å²) in [6.45, 7) is 10.1. The highest BCUT2D eigenvalue weighted by atomic mass is 14.9. The molecule has 0 aliphatic carbocycles. The van der Waals surface area contributed by atoms with Crippen molar-refractivity contribution in [3.05, 3.63) is 0 Å². The predicted octanol–water partition coefficient (Wildman–Crippen LogP) is 2.42. The fraction of sp³-hybridized carbons (Fsp3) is 1.00. The SMILES string of the molecule is CCC(C)NCCC(C)C. The molecular formula is C9H21N. The summed E-state index contributed by atoms with van der Waals surface area (Å²) in [4.78, 5) is 0. The van der Waals surface area contributed by atoms with Crippen LogP contribution in [0.1, 0.15) is 40.5 Å². The molecule has 0 aliphatic heterocycles. The van der Waals surface area contributed by atoms with Crippen LogP contribution in [-0.4, -0.2) is 12.6 Å². The number of hydrogen-bond donors (Lipinski definition) is 1. The molecule has 0 heterocycles. The van der Waals surface area contributed by atoms with E-state index in [0.29, 0.717) is 6.04 Å². The largest absolute Gasteiger partial charge is 0.314 e. The Bertz CT molecular complexity index is 69.1. The summed E-state index contributed by atoms with van der Waals surface area (Å²) in [5.41, 5.74) is 0. The molecule has 0 rings (SSSR count). The first-order chi connectivity index (χ1) is 4.66. The third-order valence-corrected chi connectivity index (χ3v) is 1.83. The average molecular weight is 143 g/mol. The maximum Gasteiger partial charge on any atom is 0.00361 e. The molecule has 1 heteroatoms. The van der Waals surface area contributed by atoms with Gasteiger partial charge in [-0.25, -0.2) is 0 Å². The molecule has 0 spiro atoms. The Labute approximate surface area is 65.2 Å². The van der Waals surface area contributed by atoms with Crippen molar-refractivity contribution in [2.45, 2.75) is 46.6 Å². The molecule has 1 unspecified atom stereocenters. The highest BCUT2D eigenvalue weighted by Crippen LogP contribution is 1.97. The molecule has 0 aromatic carbocycles. The Kier molecular flexibility index (Phi) is 5.70. The maximum atomic E-state index is 3.46. The summed E-state index contributed by atoms with van der Waals surface area (Å²) in [5, 5.41) is 3.46. The molecule has 1 atom stereocenters. The molecular weight excluding hydrogens is 122 g/mol. The van der Waals surface area contributed by atoms with E-state index in [1.165, 1.54) is 19.4 Å². The monoisotopic (exact) mass is 143 g/mol. The fourth-order valence-corrected chi connectivity index (χ4v) is 0.763. The molecule has 1 N–H and O–H groups in total. The number of hydrogen-bond acceptors (Lipinski definition) is 1. The molecule has 0 amide bonds. The van der Waals surface area contributed by atoms with Crippen molar-refractivity contribution in [2.24, 2.45) is 5.92 Å². The third kappa shape index (κ3) is 6.09. The Hall–Kier alpha value is -0.0400. The molecule has 0 saturated carbocycles. The van der Waals surface area contributed by atoms with Crippen LogP contribution >= 0.6 is 0 Å². The standard InChI is InChI=1S/C9H21N/c1-5-9(4)10-7-6-8(2)3/h8-10H,5-7H2,1-4H3. The van der Waals surface area contributed by atoms with E-state index < -0.39 is 0 Å².